The summed E-state index contributed by atoms with van der Waals surface area (Å²) in [7, 11) is 0. The van der Waals surface area contributed by atoms with Crippen LogP contribution in [0.4, 0.5) is 0 Å². The Balaban J connectivity index is 0.000000845. The van der Waals surface area contributed by atoms with Crippen LogP contribution in [-0.4, -0.2) is 9.97 Å². The van der Waals surface area contributed by atoms with Crippen molar-refractivity contribution in [1.29, 1.82) is 0 Å². The lowest BCUT2D eigenvalue weighted by atomic mass is 10.1. The first-order valence-electron chi connectivity index (χ1n) is 4.21. The van der Waals surface area contributed by atoms with Gasteiger partial charge in [-0.1, -0.05) is 13.8 Å². The Morgan fingerprint density at radius 1 is 1.50 bits per heavy atom. The van der Waals surface area contributed by atoms with E-state index in [-0.39, 0.29) is 1.43 Å². The van der Waals surface area contributed by atoms with Crippen molar-refractivity contribution in [3.05, 3.63) is 30.1 Å². The summed E-state index contributed by atoms with van der Waals surface area (Å²) in [6.07, 6.45) is 3.88. The molecule has 2 aromatic rings. The number of hydrogen-bond acceptors (Lipinski definition) is 1. The van der Waals surface area contributed by atoms with Crippen molar-refractivity contribution in [1.82, 2.24) is 9.97 Å². The zero-order valence-corrected chi connectivity index (χ0v) is 7.33. The van der Waals surface area contributed by atoms with Crippen LogP contribution in [-0.2, 0) is 0 Å². The van der Waals surface area contributed by atoms with Crippen LogP contribution in [0.15, 0.2) is 24.5 Å². The summed E-state index contributed by atoms with van der Waals surface area (Å²) in [5.41, 5.74) is 3.53. The first-order valence-corrected chi connectivity index (χ1v) is 4.21. The van der Waals surface area contributed by atoms with Crippen molar-refractivity contribution in [3.63, 3.8) is 0 Å². The highest BCUT2D eigenvalue weighted by molar-refractivity contribution is 5.78. The van der Waals surface area contributed by atoms with Gasteiger partial charge in [0.05, 0.1) is 11.0 Å². The largest absolute Gasteiger partial charge is 0.360 e. The molecule has 1 N–H and O–H groups in total. The molecule has 2 rings (SSSR count). The molecular formula is C10H14N2. The van der Waals surface area contributed by atoms with Gasteiger partial charge in [0.15, 0.2) is 0 Å². The van der Waals surface area contributed by atoms with E-state index in [4.69, 9.17) is 0 Å². The second-order valence-electron chi connectivity index (χ2n) is 3.30. The molecule has 0 aliphatic rings. The molecule has 0 aliphatic heterocycles. The molecule has 2 aromatic heterocycles. The molecule has 0 saturated carbocycles. The van der Waals surface area contributed by atoms with Gasteiger partial charge in [0.2, 0.25) is 0 Å². The van der Waals surface area contributed by atoms with E-state index in [9.17, 15) is 0 Å². The average Bonchev–Trinajstić information content (AvgIpc) is 2.47. The number of aromatic amines is 1. The average molecular weight is 162 g/mol. The molecular weight excluding hydrogens is 148 g/mol. The Hall–Kier alpha value is -1.31. The minimum absolute atomic E-state index is 0. The van der Waals surface area contributed by atoms with Crippen molar-refractivity contribution in [3.8, 4) is 0 Å². The first-order chi connectivity index (χ1) is 5.79. The Morgan fingerprint density at radius 2 is 2.33 bits per heavy atom. The van der Waals surface area contributed by atoms with Crippen LogP contribution in [0.3, 0.4) is 0 Å². The summed E-state index contributed by atoms with van der Waals surface area (Å²) in [6.45, 7) is 4.36. The Kier molecular flexibility index (Phi) is 1.61. The highest BCUT2D eigenvalue weighted by Crippen LogP contribution is 2.22. The van der Waals surface area contributed by atoms with Gasteiger partial charge in [-0.05, 0) is 23.6 Å². The third-order valence-corrected chi connectivity index (χ3v) is 2.09. The second-order valence-corrected chi connectivity index (χ2v) is 3.30. The van der Waals surface area contributed by atoms with Crippen LogP contribution in [0.2, 0.25) is 0 Å². The summed E-state index contributed by atoms with van der Waals surface area (Å²) >= 11 is 0. The van der Waals surface area contributed by atoms with E-state index < -0.39 is 0 Å². The molecule has 0 saturated heterocycles. The van der Waals surface area contributed by atoms with E-state index in [1.54, 1.807) is 0 Å². The van der Waals surface area contributed by atoms with Crippen LogP contribution >= 0.6 is 0 Å². The van der Waals surface area contributed by atoms with Gasteiger partial charge in [-0.2, -0.15) is 0 Å². The predicted octanol–water partition coefficient (Wildman–Crippen LogP) is 2.93. The zero-order valence-electron chi connectivity index (χ0n) is 7.33. The number of rotatable bonds is 1. The van der Waals surface area contributed by atoms with Gasteiger partial charge in [-0.15, -0.1) is 0 Å². The van der Waals surface area contributed by atoms with E-state index in [1.165, 1.54) is 5.56 Å². The van der Waals surface area contributed by atoms with Crippen molar-refractivity contribution < 1.29 is 1.43 Å². The van der Waals surface area contributed by atoms with E-state index in [0.29, 0.717) is 5.92 Å². The molecule has 12 heavy (non-hydrogen) atoms. The van der Waals surface area contributed by atoms with Gasteiger partial charge >= 0.3 is 0 Å². The molecule has 2 nitrogen and oxygen atoms in total. The third kappa shape index (κ3) is 0.998. The van der Waals surface area contributed by atoms with Gasteiger partial charge in [0.1, 0.15) is 0 Å². The van der Waals surface area contributed by atoms with Gasteiger partial charge in [-0.3, -0.25) is 4.98 Å². The lowest BCUT2D eigenvalue weighted by Gasteiger charge is -1.99. The molecule has 64 valence electrons. The number of nitrogens with one attached hydrogen (secondary N) is 1. The molecule has 0 amide bonds. The van der Waals surface area contributed by atoms with Crippen LogP contribution in [0.5, 0.6) is 0 Å². The number of hydrogen-bond donors (Lipinski definition) is 1. The summed E-state index contributed by atoms with van der Waals surface area (Å²) in [4.78, 5) is 7.54. The minimum atomic E-state index is 0. The normalized spacial score (nSPS) is 11.2. The fraction of sp³-hybridized carbons (Fsp3) is 0.300. The maximum Gasteiger partial charge on any atom is 0.0913 e. The Bertz CT molecular complexity index is 392. The lowest BCUT2D eigenvalue weighted by molar-refractivity contribution is 0.873. The van der Waals surface area contributed by atoms with Crippen molar-refractivity contribution in [2.45, 2.75) is 19.8 Å². The van der Waals surface area contributed by atoms with Crippen molar-refractivity contribution in [2.24, 2.45) is 0 Å². The fourth-order valence-corrected chi connectivity index (χ4v) is 1.42. The molecule has 0 atom stereocenters. The second kappa shape index (κ2) is 2.63. The summed E-state index contributed by atoms with van der Waals surface area (Å²) in [5, 5.41) is 0. The minimum Gasteiger partial charge on any atom is -0.360 e. The van der Waals surface area contributed by atoms with Gasteiger partial charge in [0.25, 0.3) is 0 Å². The molecule has 0 aliphatic carbocycles. The lowest BCUT2D eigenvalue weighted by Crippen LogP contribution is -1.85. The van der Waals surface area contributed by atoms with Crippen LogP contribution < -0.4 is 0 Å². The number of nitrogens with zero attached hydrogens (tertiary/aromatic N) is 1. The monoisotopic (exact) mass is 162 g/mol. The topological polar surface area (TPSA) is 28.7 Å². The van der Waals surface area contributed by atoms with E-state index in [1.807, 2.05) is 24.5 Å². The number of H-pyrrole nitrogens is 1. The molecule has 0 radical (unpaired) electrons. The highest BCUT2D eigenvalue weighted by Gasteiger charge is 2.06. The SMILES string of the molecule is CC(C)c1c[nH]c2cccnc12.[HH]. The maximum atomic E-state index is 4.33. The molecule has 2 heterocycles. The Morgan fingerprint density at radius 3 is 3.08 bits per heavy atom. The molecule has 0 unspecified atom stereocenters. The van der Waals surface area contributed by atoms with Crippen molar-refractivity contribution in [2.75, 3.05) is 0 Å². The third-order valence-electron chi connectivity index (χ3n) is 2.09. The first kappa shape index (κ1) is 7.35. The van der Waals surface area contributed by atoms with Crippen molar-refractivity contribution >= 4 is 11.0 Å². The highest BCUT2D eigenvalue weighted by atomic mass is 14.8. The standard InChI is InChI=1S/C10H12N2.H2/c1-7(2)8-6-12-9-4-3-5-11-10(8)9;/h3-7,12H,1-2H3;1H. The van der Waals surface area contributed by atoms with Crippen LogP contribution in [0.25, 0.3) is 11.0 Å². The number of pyridine rings is 1. The molecule has 2 heteroatoms. The predicted molar refractivity (Wildman–Crippen MR) is 52.3 cm³/mol. The molecule has 0 bridgehead atoms. The van der Waals surface area contributed by atoms with Gasteiger partial charge in [0, 0.05) is 13.8 Å². The van der Waals surface area contributed by atoms with Crippen LogP contribution in [0.1, 0.15) is 26.8 Å². The van der Waals surface area contributed by atoms with E-state index in [2.05, 4.69) is 23.8 Å². The smallest absolute Gasteiger partial charge is 0.0913 e. The number of aromatic nitrogens is 2. The van der Waals surface area contributed by atoms with Gasteiger partial charge < -0.3 is 4.98 Å². The number of fused-ring (bicyclic) bond motifs is 1. The summed E-state index contributed by atoms with van der Waals surface area (Å²) < 4.78 is 0. The quantitative estimate of drug-likeness (QED) is 0.686. The zero-order chi connectivity index (χ0) is 8.55. The summed E-state index contributed by atoms with van der Waals surface area (Å²) in [5.74, 6) is 0.536. The van der Waals surface area contributed by atoms with Crippen LogP contribution in [0, 0.1) is 0 Å². The molecule has 0 aromatic carbocycles. The van der Waals surface area contributed by atoms with Gasteiger partial charge in [-0.25, -0.2) is 0 Å². The van der Waals surface area contributed by atoms with E-state index in [0.717, 1.165) is 11.0 Å². The Labute approximate surface area is 73.1 Å². The maximum absolute atomic E-state index is 4.33. The molecule has 0 fully saturated rings. The summed E-state index contributed by atoms with van der Waals surface area (Å²) in [6, 6.07) is 4.00. The molecule has 0 spiro atoms. The fourth-order valence-electron chi connectivity index (χ4n) is 1.42. The van der Waals surface area contributed by atoms with E-state index >= 15 is 0 Å².